The molecule has 0 unspecified atom stereocenters. The van der Waals surface area contributed by atoms with Gasteiger partial charge in [0.15, 0.2) is 5.78 Å². The second-order valence-electron chi connectivity index (χ2n) is 8.60. The minimum Gasteiger partial charge on any atom is -0.497 e. The fourth-order valence-electron chi connectivity index (χ4n) is 5.83. The molecular formula is C23H25NO4. The van der Waals surface area contributed by atoms with E-state index in [1.54, 1.807) is 31.4 Å². The number of amides is 2. The van der Waals surface area contributed by atoms with Crippen LogP contribution in [0.15, 0.2) is 35.9 Å². The monoisotopic (exact) mass is 379 g/mol. The molecule has 1 aromatic carbocycles. The van der Waals surface area contributed by atoms with Gasteiger partial charge in [-0.15, -0.1) is 0 Å². The lowest BCUT2D eigenvalue weighted by atomic mass is 9.58. The lowest BCUT2D eigenvalue weighted by Crippen LogP contribution is -2.46. The van der Waals surface area contributed by atoms with E-state index in [9.17, 15) is 14.4 Å². The number of imide groups is 1. The van der Waals surface area contributed by atoms with E-state index in [1.165, 1.54) is 24.2 Å². The SMILES string of the molecule is COc1ccc(N2C(=O)[C@H]3[C@@H]4CC(=O)/C(=C/C5CCCCC5)[C@@H]4[C@H]3C2=O)cc1. The number of allylic oxidation sites excluding steroid dienone is 2. The number of anilines is 1. The third kappa shape index (κ3) is 2.48. The lowest BCUT2D eigenvalue weighted by molar-refractivity contribution is -0.132. The maximum absolute atomic E-state index is 13.2. The number of carbonyl (C=O) groups excluding carboxylic acids is 3. The number of hydrogen-bond donors (Lipinski definition) is 0. The van der Waals surface area contributed by atoms with Crippen molar-refractivity contribution in [3.05, 3.63) is 35.9 Å². The van der Waals surface area contributed by atoms with Gasteiger partial charge in [0, 0.05) is 12.3 Å². The van der Waals surface area contributed by atoms with Gasteiger partial charge in [-0.2, -0.15) is 0 Å². The predicted molar refractivity (Wildman–Crippen MR) is 104 cm³/mol. The van der Waals surface area contributed by atoms with Gasteiger partial charge in [0.2, 0.25) is 11.8 Å². The summed E-state index contributed by atoms with van der Waals surface area (Å²) in [6.07, 6.45) is 8.54. The Hall–Kier alpha value is -2.43. The van der Waals surface area contributed by atoms with Gasteiger partial charge >= 0.3 is 0 Å². The van der Waals surface area contributed by atoms with Gasteiger partial charge in [-0.25, -0.2) is 0 Å². The van der Waals surface area contributed by atoms with E-state index in [2.05, 4.69) is 6.08 Å². The molecule has 4 fully saturated rings. The first kappa shape index (κ1) is 17.7. The van der Waals surface area contributed by atoms with Gasteiger partial charge in [0.25, 0.3) is 0 Å². The molecule has 1 saturated heterocycles. The first-order chi connectivity index (χ1) is 13.6. The molecular weight excluding hydrogens is 354 g/mol. The van der Waals surface area contributed by atoms with E-state index in [-0.39, 0.29) is 41.3 Å². The Morgan fingerprint density at radius 3 is 2.29 bits per heavy atom. The van der Waals surface area contributed by atoms with Crippen LogP contribution in [-0.2, 0) is 14.4 Å². The van der Waals surface area contributed by atoms with Crippen molar-refractivity contribution in [3.8, 4) is 5.75 Å². The summed E-state index contributed by atoms with van der Waals surface area (Å²) in [6, 6.07) is 7.02. The highest BCUT2D eigenvalue weighted by molar-refractivity contribution is 6.24. The van der Waals surface area contributed by atoms with Crippen LogP contribution < -0.4 is 9.64 Å². The number of Topliss-reactive ketones (excluding diaryl/α,β-unsaturated/α-hetero) is 1. The number of nitrogens with zero attached hydrogens (tertiary/aromatic N) is 1. The molecule has 0 aromatic heterocycles. The van der Waals surface area contributed by atoms with Crippen LogP contribution in [0.4, 0.5) is 5.69 Å². The van der Waals surface area contributed by atoms with Gasteiger partial charge in [0.05, 0.1) is 24.6 Å². The number of benzene rings is 1. The zero-order valence-electron chi connectivity index (χ0n) is 16.1. The molecule has 4 atom stereocenters. The van der Waals surface area contributed by atoms with Crippen LogP contribution in [0.3, 0.4) is 0 Å². The number of rotatable bonds is 3. The minimum absolute atomic E-state index is 0.00652. The van der Waals surface area contributed by atoms with Gasteiger partial charge in [-0.3, -0.25) is 19.3 Å². The first-order valence-corrected chi connectivity index (χ1v) is 10.4. The molecule has 0 bridgehead atoms. The molecule has 4 aliphatic rings. The van der Waals surface area contributed by atoms with Crippen molar-refractivity contribution >= 4 is 23.3 Å². The standard InChI is InChI=1S/C23H25NO4/c1-28-15-9-7-14(8-10-15)24-22(26)20-17-12-18(25)16(19(17)21(20)23(24)27)11-13-5-3-2-4-6-13/h7-11,13,17,19-21H,2-6,12H2,1H3/b16-11-/t17-,19+,20+,21-/m1/s1. The number of fused-ring (bicyclic) bond motifs is 4. The van der Waals surface area contributed by atoms with E-state index in [4.69, 9.17) is 4.74 Å². The smallest absolute Gasteiger partial charge is 0.238 e. The molecule has 28 heavy (non-hydrogen) atoms. The van der Waals surface area contributed by atoms with E-state index in [1.807, 2.05) is 0 Å². The van der Waals surface area contributed by atoms with Crippen LogP contribution in [0.2, 0.25) is 0 Å². The zero-order chi connectivity index (χ0) is 19.4. The second kappa shape index (κ2) is 6.57. The predicted octanol–water partition coefficient (Wildman–Crippen LogP) is 3.53. The lowest BCUT2D eigenvalue weighted by Gasteiger charge is -2.41. The summed E-state index contributed by atoms with van der Waals surface area (Å²) in [4.78, 5) is 40.2. The largest absolute Gasteiger partial charge is 0.497 e. The molecule has 1 heterocycles. The van der Waals surface area contributed by atoms with Crippen molar-refractivity contribution in [2.75, 3.05) is 12.0 Å². The number of ether oxygens (including phenoxy) is 1. The Morgan fingerprint density at radius 2 is 1.61 bits per heavy atom. The zero-order valence-corrected chi connectivity index (χ0v) is 16.1. The molecule has 1 aromatic rings. The third-order valence-corrected chi connectivity index (χ3v) is 7.21. The van der Waals surface area contributed by atoms with Crippen LogP contribution in [0.5, 0.6) is 5.75 Å². The third-order valence-electron chi connectivity index (χ3n) is 7.21. The highest BCUT2D eigenvalue weighted by atomic mass is 16.5. The molecule has 0 radical (unpaired) electrons. The van der Waals surface area contributed by atoms with Crippen molar-refractivity contribution in [1.82, 2.24) is 0 Å². The summed E-state index contributed by atoms with van der Waals surface area (Å²) >= 11 is 0. The van der Waals surface area contributed by atoms with Crippen molar-refractivity contribution < 1.29 is 19.1 Å². The molecule has 1 aliphatic heterocycles. The molecule has 2 amide bonds. The van der Waals surface area contributed by atoms with E-state index in [0.717, 1.165) is 18.4 Å². The van der Waals surface area contributed by atoms with Gasteiger partial charge in [-0.05, 0) is 54.5 Å². The van der Waals surface area contributed by atoms with E-state index in [0.29, 0.717) is 23.8 Å². The Labute approximate surface area is 164 Å². The van der Waals surface area contributed by atoms with Crippen molar-refractivity contribution in [2.45, 2.75) is 38.5 Å². The van der Waals surface area contributed by atoms with Crippen LogP contribution in [-0.4, -0.2) is 24.7 Å². The molecule has 5 nitrogen and oxygen atoms in total. The minimum atomic E-state index is -0.360. The molecule has 3 aliphatic carbocycles. The highest BCUT2D eigenvalue weighted by Crippen LogP contribution is 2.61. The van der Waals surface area contributed by atoms with Crippen LogP contribution in [0.25, 0.3) is 0 Å². The summed E-state index contributed by atoms with van der Waals surface area (Å²) < 4.78 is 5.17. The molecule has 0 spiro atoms. The summed E-state index contributed by atoms with van der Waals surface area (Å²) in [5, 5.41) is 0. The normalized spacial score (nSPS) is 33.8. The highest BCUT2D eigenvalue weighted by Gasteiger charge is 2.68. The summed E-state index contributed by atoms with van der Waals surface area (Å²) in [5.74, 6) is 0.264. The van der Waals surface area contributed by atoms with Crippen LogP contribution in [0, 0.1) is 29.6 Å². The van der Waals surface area contributed by atoms with E-state index >= 15 is 0 Å². The second-order valence-corrected chi connectivity index (χ2v) is 8.60. The van der Waals surface area contributed by atoms with Crippen LogP contribution >= 0.6 is 0 Å². The number of hydrogen-bond acceptors (Lipinski definition) is 4. The summed E-state index contributed by atoms with van der Waals surface area (Å²) in [7, 11) is 1.58. The molecule has 0 N–H and O–H groups in total. The number of carbonyl (C=O) groups is 3. The van der Waals surface area contributed by atoms with Crippen molar-refractivity contribution in [3.63, 3.8) is 0 Å². The molecule has 5 rings (SSSR count). The summed E-state index contributed by atoms with van der Waals surface area (Å²) in [5.41, 5.74) is 1.43. The first-order valence-electron chi connectivity index (χ1n) is 10.4. The Balaban J connectivity index is 1.42. The van der Waals surface area contributed by atoms with Crippen LogP contribution in [0.1, 0.15) is 38.5 Å². The fourth-order valence-corrected chi connectivity index (χ4v) is 5.83. The Bertz CT molecular complexity index is 865. The maximum Gasteiger partial charge on any atom is 0.238 e. The fraction of sp³-hybridized carbons (Fsp3) is 0.522. The van der Waals surface area contributed by atoms with E-state index < -0.39 is 0 Å². The number of methoxy groups -OCH3 is 1. The maximum atomic E-state index is 13.2. The number of ketones is 1. The quantitative estimate of drug-likeness (QED) is 0.595. The Morgan fingerprint density at radius 1 is 0.929 bits per heavy atom. The van der Waals surface area contributed by atoms with Gasteiger partial charge < -0.3 is 4.74 Å². The average molecular weight is 379 g/mol. The topological polar surface area (TPSA) is 63.7 Å². The van der Waals surface area contributed by atoms with Crippen molar-refractivity contribution in [2.24, 2.45) is 29.6 Å². The Kier molecular flexibility index (Phi) is 4.14. The van der Waals surface area contributed by atoms with Crippen molar-refractivity contribution in [1.29, 1.82) is 0 Å². The van der Waals surface area contributed by atoms with Gasteiger partial charge in [0.1, 0.15) is 5.75 Å². The molecule has 5 heteroatoms. The molecule has 3 saturated carbocycles. The van der Waals surface area contributed by atoms with Gasteiger partial charge in [-0.1, -0.05) is 25.3 Å². The summed E-state index contributed by atoms with van der Waals surface area (Å²) in [6.45, 7) is 0. The average Bonchev–Trinajstić information content (AvgIpc) is 3.08. The molecule has 146 valence electrons.